The Kier molecular flexibility index (Phi) is 4.87. The van der Waals surface area contributed by atoms with E-state index in [0.29, 0.717) is 19.6 Å². The van der Waals surface area contributed by atoms with Gasteiger partial charge in [0.05, 0.1) is 12.0 Å². The van der Waals surface area contributed by atoms with Crippen LogP contribution >= 0.6 is 0 Å². The van der Waals surface area contributed by atoms with Gasteiger partial charge in [-0.05, 0) is 37.1 Å². The van der Waals surface area contributed by atoms with E-state index in [1.165, 1.54) is 6.42 Å². The first-order valence-electron chi connectivity index (χ1n) is 8.40. The van der Waals surface area contributed by atoms with Crippen molar-refractivity contribution in [2.45, 2.75) is 44.8 Å². The van der Waals surface area contributed by atoms with E-state index in [0.717, 1.165) is 37.1 Å². The van der Waals surface area contributed by atoms with Crippen molar-refractivity contribution in [3.63, 3.8) is 0 Å². The smallest absolute Gasteiger partial charge is 0.235 e. The minimum Gasteiger partial charge on any atom is -0.491 e. The average molecular weight is 319 g/mol. The van der Waals surface area contributed by atoms with Crippen molar-refractivity contribution >= 4 is 11.6 Å². The van der Waals surface area contributed by atoms with Crippen LogP contribution in [0.5, 0.6) is 5.75 Å². The average Bonchev–Trinajstić information content (AvgIpc) is 2.80. The van der Waals surface area contributed by atoms with Crippen molar-refractivity contribution in [1.82, 2.24) is 0 Å². The van der Waals surface area contributed by atoms with Crippen molar-refractivity contribution in [2.24, 2.45) is 5.41 Å². The fraction of sp³-hybridized carbons (Fsp3) is 0.611. The lowest BCUT2D eigenvalue weighted by Crippen LogP contribution is -2.38. The van der Waals surface area contributed by atoms with Crippen molar-refractivity contribution in [3.05, 3.63) is 24.3 Å². The van der Waals surface area contributed by atoms with Crippen LogP contribution in [0.25, 0.3) is 0 Å². The van der Waals surface area contributed by atoms with Gasteiger partial charge >= 0.3 is 0 Å². The van der Waals surface area contributed by atoms with Gasteiger partial charge in [0.2, 0.25) is 5.91 Å². The number of carbonyl (C=O) groups excluding carboxylic acids is 1. The highest BCUT2D eigenvalue weighted by atomic mass is 16.5. The van der Waals surface area contributed by atoms with Gasteiger partial charge in [-0.3, -0.25) is 9.69 Å². The first-order valence-corrected chi connectivity index (χ1v) is 8.40. The highest BCUT2D eigenvalue weighted by Gasteiger charge is 2.51. The second-order valence-electron chi connectivity index (χ2n) is 6.54. The van der Waals surface area contributed by atoms with Crippen molar-refractivity contribution in [2.75, 3.05) is 25.2 Å². The van der Waals surface area contributed by atoms with Crippen LogP contribution < -0.4 is 9.64 Å². The molecule has 2 aliphatic rings. The Balaban J connectivity index is 1.72. The molecule has 1 saturated heterocycles. The Hall–Kier alpha value is -1.59. The summed E-state index contributed by atoms with van der Waals surface area (Å²) in [5.74, 6) is 0.817. The number of rotatable bonds is 5. The number of hydrogen-bond acceptors (Lipinski definition) is 4. The summed E-state index contributed by atoms with van der Waals surface area (Å²) >= 11 is 0. The van der Waals surface area contributed by atoms with Crippen molar-refractivity contribution < 1.29 is 19.4 Å². The molecule has 2 fully saturated rings. The second kappa shape index (κ2) is 6.89. The lowest BCUT2D eigenvalue weighted by atomic mass is 9.73. The summed E-state index contributed by atoms with van der Waals surface area (Å²) < 4.78 is 10.5. The Labute approximate surface area is 137 Å². The van der Waals surface area contributed by atoms with Gasteiger partial charge in [0.1, 0.15) is 18.6 Å². The third kappa shape index (κ3) is 3.21. The first-order chi connectivity index (χ1) is 11.2. The fourth-order valence-corrected chi connectivity index (χ4v) is 3.80. The van der Waals surface area contributed by atoms with Crippen LogP contribution in [0.3, 0.4) is 0 Å². The quantitative estimate of drug-likeness (QED) is 0.848. The number of amides is 1. The van der Waals surface area contributed by atoms with E-state index in [-0.39, 0.29) is 11.3 Å². The van der Waals surface area contributed by atoms with Gasteiger partial charge in [-0.2, -0.15) is 0 Å². The fourth-order valence-electron chi connectivity index (χ4n) is 3.80. The molecular weight excluding hydrogens is 294 g/mol. The highest BCUT2D eigenvalue weighted by molar-refractivity contribution is 6.00. The Bertz CT molecular complexity index is 536. The minimum absolute atomic E-state index is 0.0813. The molecule has 1 aromatic carbocycles. The Morgan fingerprint density at radius 1 is 1.17 bits per heavy atom. The molecule has 23 heavy (non-hydrogen) atoms. The number of methoxy groups -OCH3 is 1. The van der Waals surface area contributed by atoms with E-state index < -0.39 is 6.23 Å². The van der Waals surface area contributed by atoms with E-state index in [1.807, 2.05) is 24.3 Å². The zero-order valence-electron chi connectivity index (χ0n) is 13.7. The van der Waals surface area contributed by atoms with Crippen molar-refractivity contribution in [3.8, 4) is 5.75 Å². The van der Waals surface area contributed by atoms with Gasteiger partial charge in [0.25, 0.3) is 0 Å². The maximum atomic E-state index is 12.9. The van der Waals surface area contributed by atoms with Crippen molar-refractivity contribution in [1.29, 1.82) is 0 Å². The molecule has 1 spiro atoms. The van der Waals surface area contributed by atoms with Crippen LogP contribution in [0.2, 0.25) is 0 Å². The van der Waals surface area contributed by atoms with Gasteiger partial charge < -0.3 is 14.6 Å². The molecule has 0 radical (unpaired) electrons. The van der Waals surface area contributed by atoms with Gasteiger partial charge in [-0.25, -0.2) is 0 Å². The van der Waals surface area contributed by atoms with E-state index >= 15 is 0 Å². The lowest BCUT2D eigenvalue weighted by molar-refractivity contribution is -0.127. The normalized spacial score (nSPS) is 23.5. The standard InChI is InChI=1S/C18H25NO4/c1-22-11-12-23-15-7-5-14(6-8-15)19-16(20)13-18(17(19)21)9-3-2-4-10-18/h5-8,16,20H,2-4,9-13H2,1H3. The van der Waals surface area contributed by atoms with Gasteiger partial charge in [0.15, 0.2) is 0 Å². The van der Waals surface area contributed by atoms with Crippen LogP contribution in [0, 0.1) is 5.41 Å². The molecule has 1 aromatic rings. The van der Waals surface area contributed by atoms with E-state index in [1.54, 1.807) is 12.0 Å². The molecule has 1 unspecified atom stereocenters. The number of ether oxygens (including phenoxy) is 2. The van der Waals surface area contributed by atoms with Gasteiger partial charge in [-0.1, -0.05) is 19.3 Å². The summed E-state index contributed by atoms with van der Waals surface area (Å²) in [6, 6.07) is 7.34. The molecule has 126 valence electrons. The number of carbonyl (C=O) groups is 1. The number of aliphatic hydroxyl groups is 1. The molecule has 1 heterocycles. The number of aliphatic hydroxyl groups excluding tert-OH is 1. The summed E-state index contributed by atoms with van der Waals surface area (Å²) in [7, 11) is 1.63. The molecule has 3 rings (SSSR count). The zero-order chi connectivity index (χ0) is 16.3. The Morgan fingerprint density at radius 3 is 2.52 bits per heavy atom. The van der Waals surface area contributed by atoms with Gasteiger partial charge in [-0.15, -0.1) is 0 Å². The highest BCUT2D eigenvalue weighted by Crippen LogP contribution is 2.48. The maximum Gasteiger partial charge on any atom is 0.235 e. The van der Waals surface area contributed by atoms with Crippen LogP contribution in [0.15, 0.2) is 24.3 Å². The molecule has 0 bridgehead atoms. The van der Waals surface area contributed by atoms with Gasteiger partial charge in [0, 0.05) is 19.2 Å². The molecule has 0 aromatic heterocycles. The largest absolute Gasteiger partial charge is 0.491 e. The predicted molar refractivity (Wildman–Crippen MR) is 87.4 cm³/mol. The minimum atomic E-state index is -0.721. The Morgan fingerprint density at radius 2 is 1.87 bits per heavy atom. The zero-order valence-corrected chi connectivity index (χ0v) is 13.7. The molecule has 5 nitrogen and oxygen atoms in total. The topological polar surface area (TPSA) is 59.0 Å². The summed E-state index contributed by atoms with van der Waals surface area (Å²) in [6.45, 7) is 1.03. The lowest BCUT2D eigenvalue weighted by Gasteiger charge is -2.31. The molecule has 1 N–H and O–H groups in total. The van der Waals surface area contributed by atoms with Crippen LogP contribution in [0.4, 0.5) is 5.69 Å². The first kappa shape index (κ1) is 16.3. The summed E-state index contributed by atoms with van der Waals surface area (Å²) in [5.41, 5.74) is 0.398. The number of nitrogens with zero attached hydrogens (tertiary/aromatic N) is 1. The second-order valence-corrected chi connectivity index (χ2v) is 6.54. The van der Waals surface area contributed by atoms with Crippen LogP contribution in [-0.4, -0.2) is 37.6 Å². The maximum absolute atomic E-state index is 12.9. The molecule has 5 heteroatoms. The molecule has 1 aliphatic heterocycles. The molecular formula is C18H25NO4. The SMILES string of the molecule is COCCOc1ccc(N2C(=O)C3(CCCCC3)CC2O)cc1. The van der Waals surface area contributed by atoms with E-state index in [2.05, 4.69) is 0 Å². The molecule has 1 atom stereocenters. The van der Waals surface area contributed by atoms with Crippen LogP contribution in [-0.2, 0) is 9.53 Å². The number of anilines is 1. The summed E-state index contributed by atoms with van der Waals surface area (Å²) in [6.07, 6.45) is 4.99. The number of hydrogen-bond donors (Lipinski definition) is 1. The predicted octanol–water partition coefficient (Wildman–Crippen LogP) is 2.72. The molecule has 1 aliphatic carbocycles. The third-order valence-electron chi connectivity index (χ3n) is 5.03. The molecule has 1 saturated carbocycles. The van der Waals surface area contributed by atoms with Crippen LogP contribution in [0.1, 0.15) is 38.5 Å². The summed E-state index contributed by atoms with van der Waals surface area (Å²) in [4.78, 5) is 14.5. The monoisotopic (exact) mass is 319 g/mol. The van der Waals surface area contributed by atoms with E-state index in [9.17, 15) is 9.90 Å². The third-order valence-corrected chi connectivity index (χ3v) is 5.03. The summed E-state index contributed by atoms with van der Waals surface area (Å²) in [5, 5.41) is 10.4. The molecule has 1 amide bonds. The van der Waals surface area contributed by atoms with E-state index in [4.69, 9.17) is 9.47 Å². The number of benzene rings is 1.